The molecule has 2 amide bonds. The van der Waals surface area contributed by atoms with Gasteiger partial charge in [-0.2, -0.15) is 5.10 Å². The molecule has 0 spiro atoms. The summed E-state index contributed by atoms with van der Waals surface area (Å²) in [4.78, 5) is 15.7. The Bertz CT molecular complexity index is 1600. The molecule has 0 saturated heterocycles. The molecule has 0 unspecified atom stereocenters. The van der Waals surface area contributed by atoms with Crippen molar-refractivity contribution < 1.29 is 9.18 Å². The third kappa shape index (κ3) is 4.06. The van der Waals surface area contributed by atoms with Gasteiger partial charge in [-0.15, -0.1) is 0 Å². The van der Waals surface area contributed by atoms with Crippen LogP contribution in [0.1, 0.15) is 41.0 Å². The van der Waals surface area contributed by atoms with Crippen molar-refractivity contribution in [2.24, 2.45) is 0 Å². The summed E-state index contributed by atoms with van der Waals surface area (Å²) in [5.74, 6) is 0.434. The first-order chi connectivity index (χ1) is 18.5. The molecule has 6 rings (SSSR count). The predicted molar refractivity (Wildman–Crippen MR) is 146 cm³/mol. The molecule has 0 radical (unpaired) electrons. The van der Waals surface area contributed by atoms with E-state index in [1.165, 1.54) is 6.07 Å². The molecular weight excluding hydrogens is 477 g/mol. The van der Waals surface area contributed by atoms with Gasteiger partial charge in [-0.05, 0) is 55.3 Å². The summed E-state index contributed by atoms with van der Waals surface area (Å²) >= 11 is 0. The lowest BCUT2D eigenvalue weighted by atomic mass is 10.0. The van der Waals surface area contributed by atoms with Gasteiger partial charge in [0.2, 0.25) is 0 Å². The summed E-state index contributed by atoms with van der Waals surface area (Å²) in [5, 5.41) is 7.80. The standard InChI is InChI=1S/C31H28FN5O/c1-3-26-24-20-36(31(38)33-27-13-8-7-12-25(27)32)29(22-17-15-21(2)16-18-22)28-14-9-19-35(28)30(24)37(34-26)23-10-5-4-6-11-23/h4-19,29H,3,20H2,1-2H3,(H,33,38)/t29-/m0/s1. The van der Waals surface area contributed by atoms with Crippen LogP contribution in [0.2, 0.25) is 0 Å². The van der Waals surface area contributed by atoms with Gasteiger partial charge in [0.15, 0.2) is 0 Å². The van der Waals surface area contributed by atoms with Crippen molar-refractivity contribution >= 4 is 11.7 Å². The van der Waals surface area contributed by atoms with Crippen LogP contribution in [0.4, 0.5) is 14.9 Å². The van der Waals surface area contributed by atoms with E-state index in [0.717, 1.165) is 39.6 Å². The van der Waals surface area contributed by atoms with E-state index in [0.29, 0.717) is 13.0 Å². The first-order valence-corrected chi connectivity index (χ1v) is 12.8. The Morgan fingerprint density at radius 2 is 1.71 bits per heavy atom. The lowest BCUT2D eigenvalue weighted by Gasteiger charge is -2.31. The van der Waals surface area contributed by atoms with E-state index in [1.807, 2.05) is 60.3 Å². The average molecular weight is 506 g/mol. The van der Waals surface area contributed by atoms with Crippen LogP contribution in [0.5, 0.6) is 0 Å². The molecule has 2 aromatic heterocycles. The first-order valence-electron chi connectivity index (χ1n) is 12.8. The highest BCUT2D eigenvalue weighted by Gasteiger charge is 2.36. The highest BCUT2D eigenvalue weighted by atomic mass is 19.1. The second-order valence-corrected chi connectivity index (χ2v) is 9.50. The van der Waals surface area contributed by atoms with E-state index in [1.54, 1.807) is 23.1 Å². The number of fused-ring (bicyclic) bond motifs is 3. The van der Waals surface area contributed by atoms with Gasteiger partial charge in [0.1, 0.15) is 11.6 Å². The van der Waals surface area contributed by atoms with E-state index < -0.39 is 11.9 Å². The zero-order valence-corrected chi connectivity index (χ0v) is 21.3. The number of anilines is 1. The molecule has 0 aliphatic carbocycles. The summed E-state index contributed by atoms with van der Waals surface area (Å²) in [6, 6.07) is 27.7. The number of nitrogens with zero attached hydrogens (tertiary/aromatic N) is 4. The minimum atomic E-state index is -0.474. The molecule has 38 heavy (non-hydrogen) atoms. The Kier molecular flexibility index (Phi) is 6.04. The van der Waals surface area contributed by atoms with Crippen LogP contribution >= 0.6 is 0 Å². The number of aryl methyl sites for hydroxylation is 2. The number of carbonyl (C=O) groups is 1. The molecule has 1 aliphatic heterocycles. The monoisotopic (exact) mass is 505 g/mol. The normalized spacial score (nSPS) is 14.5. The van der Waals surface area contributed by atoms with E-state index in [4.69, 9.17) is 5.10 Å². The molecule has 3 heterocycles. The number of urea groups is 1. The molecule has 0 bridgehead atoms. The van der Waals surface area contributed by atoms with Crippen molar-refractivity contribution in [1.29, 1.82) is 0 Å². The lowest BCUT2D eigenvalue weighted by molar-refractivity contribution is 0.194. The fourth-order valence-electron chi connectivity index (χ4n) is 5.20. The third-order valence-electron chi connectivity index (χ3n) is 7.07. The smallest absolute Gasteiger partial charge is 0.307 e. The topological polar surface area (TPSA) is 55.1 Å². The number of benzene rings is 3. The van der Waals surface area contributed by atoms with Crippen LogP contribution in [0.3, 0.4) is 0 Å². The van der Waals surface area contributed by atoms with E-state index in [-0.39, 0.29) is 11.7 Å². The van der Waals surface area contributed by atoms with Gasteiger partial charge in [0.25, 0.3) is 0 Å². The highest BCUT2D eigenvalue weighted by molar-refractivity contribution is 5.90. The number of aromatic nitrogens is 3. The number of para-hydroxylation sites is 2. The summed E-state index contributed by atoms with van der Waals surface area (Å²) in [5.41, 5.74) is 6.01. The molecule has 7 heteroatoms. The van der Waals surface area contributed by atoms with E-state index in [2.05, 4.69) is 41.1 Å². The number of nitrogens with one attached hydrogen (secondary N) is 1. The van der Waals surface area contributed by atoms with Gasteiger partial charge in [-0.3, -0.25) is 0 Å². The molecule has 3 aromatic carbocycles. The largest absolute Gasteiger partial charge is 0.323 e. The molecule has 190 valence electrons. The van der Waals surface area contributed by atoms with Crippen LogP contribution in [-0.4, -0.2) is 25.3 Å². The summed E-state index contributed by atoms with van der Waals surface area (Å²) in [6.45, 7) is 4.42. The summed E-state index contributed by atoms with van der Waals surface area (Å²) in [7, 11) is 0. The van der Waals surface area contributed by atoms with Crippen molar-refractivity contribution in [3.63, 3.8) is 0 Å². The van der Waals surface area contributed by atoms with E-state index >= 15 is 0 Å². The average Bonchev–Trinajstić information content (AvgIpc) is 3.52. The number of amides is 2. The molecule has 1 atom stereocenters. The van der Waals surface area contributed by atoms with Crippen LogP contribution in [0.25, 0.3) is 11.5 Å². The Hall–Kier alpha value is -4.65. The minimum Gasteiger partial charge on any atom is -0.307 e. The Labute approximate surface area is 221 Å². The molecule has 6 nitrogen and oxygen atoms in total. The molecule has 0 fully saturated rings. The van der Waals surface area contributed by atoms with Gasteiger partial charge in [-0.25, -0.2) is 13.9 Å². The quantitative estimate of drug-likeness (QED) is 0.292. The van der Waals surface area contributed by atoms with Crippen LogP contribution in [0.15, 0.2) is 97.2 Å². The Morgan fingerprint density at radius 1 is 0.974 bits per heavy atom. The molecular formula is C31H28FN5O. The van der Waals surface area contributed by atoms with Crippen LogP contribution < -0.4 is 5.32 Å². The van der Waals surface area contributed by atoms with Crippen molar-refractivity contribution in [1.82, 2.24) is 19.2 Å². The second-order valence-electron chi connectivity index (χ2n) is 9.50. The molecule has 0 saturated carbocycles. The van der Waals surface area contributed by atoms with Gasteiger partial charge in [0.05, 0.1) is 35.3 Å². The minimum absolute atomic E-state index is 0.149. The number of hydrogen-bond acceptors (Lipinski definition) is 2. The van der Waals surface area contributed by atoms with Crippen molar-refractivity contribution in [2.45, 2.75) is 32.9 Å². The number of rotatable bonds is 4. The fourth-order valence-corrected chi connectivity index (χ4v) is 5.20. The highest BCUT2D eigenvalue weighted by Crippen LogP contribution is 2.39. The van der Waals surface area contributed by atoms with Gasteiger partial charge in [-0.1, -0.05) is 67.1 Å². The zero-order chi connectivity index (χ0) is 26.2. The zero-order valence-electron chi connectivity index (χ0n) is 21.3. The maximum Gasteiger partial charge on any atom is 0.323 e. The molecule has 1 N–H and O–H groups in total. The van der Waals surface area contributed by atoms with Crippen LogP contribution in [-0.2, 0) is 13.0 Å². The lowest BCUT2D eigenvalue weighted by Crippen LogP contribution is -2.38. The van der Waals surface area contributed by atoms with Gasteiger partial charge < -0.3 is 14.8 Å². The summed E-state index contributed by atoms with van der Waals surface area (Å²) in [6.07, 6.45) is 2.73. The predicted octanol–water partition coefficient (Wildman–Crippen LogP) is 6.81. The van der Waals surface area contributed by atoms with Crippen LogP contribution in [0, 0.1) is 12.7 Å². The van der Waals surface area contributed by atoms with Crippen molar-refractivity contribution in [2.75, 3.05) is 5.32 Å². The maximum atomic E-state index is 14.5. The van der Waals surface area contributed by atoms with Crippen molar-refractivity contribution in [3.05, 3.63) is 131 Å². The SMILES string of the molecule is CCc1nn(-c2ccccc2)c2c1CN(C(=O)Nc1ccccc1F)[C@@H](c1ccc(C)cc1)c1cccn1-2. The number of carbonyl (C=O) groups excluding carboxylic acids is 1. The van der Waals surface area contributed by atoms with E-state index in [9.17, 15) is 9.18 Å². The first kappa shape index (κ1) is 23.7. The number of halogens is 1. The summed E-state index contributed by atoms with van der Waals surface area (Å²) < 4.78 is 18.6. The molecule has 5 aromatic rings. The second kappa shape index (κ2) is 9.67. The fraction of sp³-hybridized carbons (Fsp3) is 0.161. The maximum absolute atomic E-state index is 14.5. The van der Waals surface area contributed by atoms with Gasteiger partial charge in [0, 0.05) is 11.8 Å². The Morgan fingerprint density at radius 3 is 2.45 bits per heavy atom. The number of hydrogen-bond donors (Lipinski definition) is 1. The Balaban J connectivity index is 1.56. The van der Waals surface area contributed by atoms with Gasteiger partial charge >= 0.3 is 6.03 Å². The molecule has 1 aliphatic rings. The third-order valence-corrected chi connectivity index (χ3v) is 7.07. The van der Waals surface area contributed by atoms with Crippen molar-refractivity contribution in [3.8, 4) is 11.5 Å².